The predicted octanol–water partition coefficient (Wildman–Crippen LogP) is 0.670. The molecule has 0 atom stereocenters. The third kappa shape index (κ3) is 3.76. The van der Waals surface area contributed by atoms with Crippen molar-refractivity contribution in [1.82, 2.24) is 10.6 Å². The number of amides is 2. The van der Waals surface area contributed by atoms with Crippen LogP contribution in [-0.2, 0) is 9.59 Å². The number of ether oxygens (including phenoxy) is 1. The third-order valence-corrected chi connectivity index (χ3v) is 3.79. The average molecular weight is 303 g/mol. The average Bonchev–Trinajstić information content (AvgIpc) is 3.33. The maximum absolute atomic E-state index is 12.0. The van der Waals surface area contributed by atoms with Gasteiger partial charge in [-0.05, 0) is 25.0 Å². The fourth-order valence-electron chi connectivity index (χ4n) is 2.44. The lowest BCUT2D eigenvalue weighted by atomic mass is 10.2. The van der Waals surface area contributed by atoms with Crippen LogP contribution in [0.25, 0.3) is 0 Å². The van der Waals surface area contributed by atoms with E-state index in [0.717, 1.165) is 24.3 Å². The minimum absolute atomic E-state index is 0.0352. The molecule has 1 fully saturated rings. The molecule has 3 rings (SSSR count). The molecule has 0 unspecified atom stereocenters. The second-order valence-corrected chi connectivity index (χ2v) is 5.64. The van der Waals surface area contributed by atoms with Crippen molar-refractivity contribution in [1.29, 1.82) is 0 Å². The number of rotatable bonds is 7. The lowest BCUT2D eigenvalue weighted by molar-refractivity contribution is -0.122. The Hall–Kier alpha value is -2.08. The number of hydrogen-bond acceptors (Lipinski definition) is 4. The highest BCUT2D eigenvalue weighted by atomic mass is 16.5. The highest BCUT2D eigenvalue weighted by Gasteiger charge is 2.24. The first-order chi connectivity index (χ1) is 10.7. The summed E-state index contributed by atoms with van der Waals surface area (Å²) in [6.45, 7) is 1.93. The Bertz CT molecular complexity index is 557. The second-order valence-electron chi connectivity index (χ2n) is 5.64. The minimum atomic E-state index is -0.0352. The fourth-order valence-corrected chi connectivity index (χ4v) is 2.44. The van der Waals surface area contributed by atoms with Crippen LogP contribution in [0.2, 0.25) is 0 Å². The van der Waals surface area contributed by atoms with Crippen LogP contribution >= 0.6 is 0 Å². The SMILES string of the molecule is O=C(CCNCCN1C(=O)COc2ccccc21)NC1CC1. The van der Waals surface area contributed by atoms with Crippen LogP contribution in [0.3, 0.4) is 0 Å². The zero-order valence-electron chi connectivity index (χ0n) is 12.5. The van der Waals surface area contributed by atoms with Gasteiger partial charge >= 0.3 is 0 Å². The van der Waals surface area contributed by atoms with Crippen molar-refractivity contribution in [2.45, 2.75) is 25.3 Å². The highest BCUT2D eigenvalue weighted by molar-refractivity contribution is 5.97. The fraction of sp³-hybridized carbons (Fsp3) is 0.500. The van der Waals surface area contributed by atoms with Crippen molar-refractivity contribution in [3.63, 3.8) is 0 Å². The maximum Gasteiger partial charge on any atom is 0.265 e. The van der Waals surface area contributed by atoms with Crippen molar-refractivity contribution >= 4 is 17.5 Å². The third-order valence-electron chi connectivity index (χ3n) is 3.79. The van der Waals surface area contributed by atoms with E-state index in [9.17, 15) is 9.59 Å². The Morgan fingerprint density at radius 2 is 2.09 bits per heavy atom. The molecule has 1 aromatic carbocycles. The Labute approximate surface area is 129 Å². The Balaban J connectivity index is 1.41. The van der Waals surface area contributed by atoms with Crippen LogP contribution in [0.4, 0.5) is 5.69 Å². The van der Waals surface area contributed by atoms with Crippen molar-refractivity contribution in [2.75, 3.05) is 31.1 Å². The molecule has 1 saturated carbocycles. The van der Waals surface area contributed by atoms with Crippen molar-refractivity contribution in [3.05, 3.63) is 24.3 Å². The minimum Gasteiger partial charge on any atom is -0.482 e. The van der Waals surface area contributed by atoms with Crippen LogP contribution in [0.15, 0.2) is 24.3 Å². The van der Waals surface area contributed by atoms with E-state index in [0.29, 0.717) is 32.1 Å². The molecule has 0 radical (unpaired) electrons. The number of fused-ring (bicyclic) bond motifs is 1. The van der Waals surface area contributed by atoms with E-state index in [1.54, 1.807) is 4.90 Å². The molecule has 0 bridgehead atoms. The molecular formula is C16H21N3O3. The van der Waals surface area contributed by atoms with Crippen LogP contribution in [0, 0.1) is 0 Å². The summed E-state index contributed by atoms with van der Waals surface area (Å²) in [5.41, 5.74) is 0.812. The van der Waals surface area contributed by atoms with Crippen molar-refractivity contribution in [2.24, 2.45) is 0 Å². The van der Waals surface area contributed by atoms with E-state index in [1.807, 2.05) is 24.3 Å². The van der Waals surface area contributed by atoms with Gasteiger partial charge in [0.1, 0.15) is 5.75 Å². The first-order valence-electron chi connectivity index (χ1n) is 7.76. The highest BCUT2D eigenvalue weighted by Crippen LogP contribution is 2.30. The summed E-state index contributed by atoms with van der Waals surface area (Å²) in [4.78, 5) is 25.2. The normalized spacial score (nSPS) is 16.9. The summed E-state index contributed by atoms with van der Waals surface area (Å²) >= 11 is 0. The van der Waals surface area contributed by atoms with E-state index >= 15 is 0 Å². The van der Waals surface area contributed by atoms with Gasteiger partial charge in [0.2, 0.25) is 5.91 Å². The molecule has 1 aromatic rings. The van der Waals surface area contributed by atoms with Gasteiger partial charge in [0.15, 0.2) is 6.61 Å². The van der Waals surface area contributed by atoms with Crippen LogP contribution < -0.4 is 20.3 Å². The summed E-state index contributed by atoms with van der Waals surface area (Å²) in [6.07, 6.45) is 2.69. The summed E-state index contributed by atoms with van der Waals surface area (Å²) < 4.78 is 5.40. The first-order valence-corrected chi connectivity index (χ1v) is 7.76. The Kier molecular flexibility index (Phi) is 4.58. The maximum atomic E-state index is 12.0. The second kappa shape index (κ2) is 6.79. The Morgan fingerprint density at radius 1 is 1.27 bits per heavy atom. The van der Waals surface area contributed by atoms with E-state index in [2.05, 4.69) is 10.6 Å². The van der Waals surface area contributed by atoms with Crippen LogP contribution in [0.1, 0.15) is 19.3 Å². The molecule has 2 aliphatic rings. The number of benzene rings is 1. The molecule has 2 N–H and O–H groups in total. The van der Waals surface area contributed by atoms with Gasteiger partial charge in [-0.3, -0.25) is 9.59 Å². The van der Waals surface area contributed by atoms with Gasteiger partial charge < -0.3 is 20.3 Å². The summed E-state index contributed by atoms with van der Waals surface area (Å²) in [7, 11) is 0. The number of para-hydroxylation sites is 2. The zero-order valence-corrected chi connectivity index (χ0v) is 12.5. The number of anilines is 1. The van der Waals surface area contributed by atoms with E-state index in [4.69, 9.17) is 4.74 Å². The smallest absolute Gasteiger partial charge is 0.265 e. The van der Waals surface area contributed by atoms with Gasteiger partial charge in [-0.1, -0.05) is 12.1 Å². The first kappa shape index (κ1) is 14.8. The van der Waals surface area contributed by atoms with Crippen LogP contribution in [-0.4, -0.2) is 44.1 Å². The zero-order chi connectivity index (χ0) is 15.4. The standard InChI is InChI=1S/C16H21N3O3/c20-15(18-12-5-6-12)7-8-17-9-10-19-13-3-1-2-4-14(13)22-11-16(19)21/h1-4,12,17H,5-11H2,(H,18,20). The van der Waals surface area contributed by atoms with E-state index < -0.39 is 0 Å². The number of nitrogens with zero attached hydrogens (tertiary/aromatic N) is 1. The lowest BCUT2D eigenvalue weighted by Gasteiger charge is -2.29. The predicted molar refractivity (Wildman–Crippen MR) is 82.9 cm³/mol. The number of carbonyl (C=O) groups excluding carboxylic acids is 2. The van der Waals surface area contributed by atoms with Gasteiger partial charge in [0, 0.05) is 32.1 Å². The summed E-state index contributed by atoms with van der Waals surface area (Å²) in [5.74, 6) is 0.806. The molecule has 0 spiro atoms. The molecule has 2 amide bonds. The number of hydrogen-bond donors (Lipinski definition) is 2. The molecule has 1 heterocycles. The van der Waals surface area contributed by atoms with Gasteiger partial charge in [-0.2, -0.15) is 0 Å². The van der Waals surface area contributed by atoms with Crippen LogP contribution in [0.5, 0.6) is 5.75 Å². The molecule has 1 aliphatic carbocycles. The molecule has 6 nitrogen and oxygen atoms in total. The van der Waals surface area contributed by atoms with Gasteiger partial charge in [-0.15, -0.1) is 0 Å². The summed E-state index contributed by atoms with van der Waals surface area (Å²) in [6, 6.07) is 7.95. The summed E-state index contributed by atoms with van der Waals surface area (Å²) in [5, 5.41) is 6.17. The van der Waals surface area contributed by atoms with Gasteiger partial charge in [-0.25, -0.2) is 0 Å². The van der Waals surface area contributed by atoms with Gasteiger partial charge in [0.05, 0.1) is 5.69 Å². The van der Waals surface area contributed by atoms with Crippen molar-refractivity contribution in [3.8, 4) is 5.75 Å². The number of nitrogens with one attached hydrogen (secondary N) is 2. The molecule has 0 saturated heterocycles. The monoisotopic (exact) mass is 303 g/mol. The topological polar surface area (TPSA) is 70.7 Å². The molecule has 0 aromatic heterocycles. The van der Waals surface area contributed by atoms with Gasteiger partial charge in [0.25, 0.3) is 5.91 Å². The molecule has 1 aliphatic heterocycles. The lowest BCUT2D eigenvalue weighted by Crippen LogP contribution is -2.42. The largest absolute Gasteiger partial charge is 0.482 e. The quantitative estimate of drug-likeness (QED) is 0.726. The molecule has 22 heavy (non-hydrogen) atoms. The molecular weight excluding hydrogens is 282 g/mol. The number of carbonyl (C=O) groups is 2. The van der Waals surface area contributed by atoms with E-state index in [1.165, 1.54) is 0 Å². The van der Waals surface area contributed by atoms with Crippen molar-refractivity contribution < 1.29 is 14.3 Å². The Morgan fingerprint density at radius 3 is 2.91 bits per heavy atom. The van der Waals surface area contributed by atoms with E-state index in [-0.39, 0.29) is 18.4 Å². The molecule has 6 heteroatoms. The molecule has 118 valence electrons.